The Bertz CT molecular complexity index is 673. The van der Waals surface area contributed by atoms with Crippen molar-refractivity contribution in [3.05, 3.63) is 64.6 Å². The van der Waals surface area contributed by atoms with Crippen LogP contribution in [0.25, 0.3) is 0 Å². The number of hydrogen-bond donors (Lipinski definition) is 1. The molecule has 0 unspecified atom stereocenters. The minimum absolute atomic E-state index is 0. The van der Waals surface area contributed by atoms with Crippen LogP contribution in [0.3, 0.4) is 0 Å². The molecule has 0 saturated heterocycles. The quantitative estimate of drug-likeness (QED) is 0.394. The van der Waals surface area contributed by atoms with E-state index in [2.05, 4.69) is 66.7 Å². The van der Waals surface area contributed by atoms with E-state index in [9.17, 15) is 0 Å². The predicted molar refractivity (Wildman–Crippen MR) is 147 cm³/mol. The first-order valence-corrected chi connectivity index (χ1v) is 8.40. The zero-order chi connectivity index (χ0) is 19.7. The Hall–Kier alpha value is -0.896. The van der Waals surface area contributed by atoms with Gasteiger partial charge in [0.15, 0.2) is 0 Å². The molecule has 0 aliphatic rings. The van der Waals surface area contributed by atoms with Crippen molar-refractivity contribution in [2.24, 2.45) is 0 Å². The third-order valence-corrected chi connectivity index (χ3v) is 4.30. The molecule has 32 heavy (non-hydrogen) atoms. The molecule has 2 aromatic carbocycles. The molecule has 0 aromatic heterocycles. The normalized spacial score (nSPS) is 7.34. The van der Waals surface area contributed by atoms with Crippen LogP contribution in [0.4, 0.5) is 0 Å². The molecule has 0 bridgehead atoms. The average molecular weight is 531 g/mol. The molecule has 0 saturated carbocycles. The maximum Gasteiger partial charge on any atom is 0.124 e. The summed E-state index contributed by atoms with van der Waals surface area (Å²) in [5, 5.41) is 7.00. The second-order valence-electron chi connectivity index (χ2n) is 6.23. The molecular weight excluding hydrogens is 473 g/mol. The molecule has 191 valence electrons. The van der Waals surface area contributed by atoms with Crippen molar-refractivity contribution < 1.29 is 47.3 Å². The van der Waals surface area contributed by atoms with Crippen LogP contribution in [0.2, 0.25) is 0 Å². The van der Waals surface area contributed by atoms with E-state index in [1.54, 1.807) is 14.2 Å². The van der Waals surface area contributed by atoms with Crippen molar-refractivity contribution in [3.8, 4) is 11.5 Å². The molecule has 0 fully saturated rings. The van der Waals surface area contributed by atoms with Gasteiger partial charge in [-0.15, -0.1) is 0 Å². The van der Waals surface area contributed by atoms with Crippen LogP contribution < -0.4 is 9.47 Å². The molecule has 0 aliphatic heterocycles. The summed E-state index contributed by atoms with van der Waals surface area (Å²) in [5.41, 5.74) is 8.87. The number of aliphatic hydroxyl groups excluding tert-OH is 1. The maximum absolute atomic E-state index is 7.00. The van der Waals surface area contributed by atoms with E-state index >= 15 is 0 Å². The first-order valence-electron chi connectivity index (χ1n) is 8.40. The van der Waals surface area contributed by atoms with Crippen LogP contribution in [0.1, 0.15) is 76.1 Å². The number of ether oxygens (including phenoxy) is 2. The third-order valence-electron chi connectivity index (χ3n) is 4.30. The molecule has 2 aromatic rings. The number of hydrogen-bond acceptors (Lipinski definition) is 3. The van der Waals surface area contributed by atoms with E-state index in [0.29, 0.717) is 0 Å². The van der Waals surface area contributed by atoms with Crippen LogP contribution in [0.5, 0.6) is 11.5 Å². The van der Waals surface area contributed by atoms with Gasteiger partial charge >= 0.3 is 0 Å². The molecule has 0 atom stereocenters. The van der Waals surface area contributed by atoms with Crippen molar-refractivity contribution in [2.45, 2.75) is 85.6 Å². The van der Waals surface area contributed by atoms with Crippen molar-refractivity contribution in [1.82, 2.24) is 0 Å². The average Bonchev–Trinajstić information content (AvgIpc) is 2.55. The fraction of sp³-hybridized carbons (Fsp3) is 0.536. The fourth-order valence-corrected chi connectivity index (χ4v) is 3.06. The largest absolute Gasteiger partial charge is 0.496 e. The van der Waals surface area contributed by atoms with E-state index in [0.717, 1.165) is 18.6 Å². The summed E-state index contributed by atoms with van der Waals surface area (Å²) >= 11 is 0. The minimum Gasteiger partial charge on any atom is -0.496 e. The van der Waals surface area contributed by atoms with E-state index in [-0.39, 0.29) is 77.3 Å². The standard InChI is InChI=1S/C11H16O.C10H14O.CH4O.5CH4.CH3.Y/c1-7-6-8(2)11(12-5)10(4)9(7)3;1-7-5-8(2)10(11-4)9(3)6-7;1-2;;;;;;;/h6H,1-5H3;5-6H,1-4H3;2H,1H3;5*1H4;1H3;/q;;;;;;;;-1;. The van der Waals surface area contributed by atoms with Crippen molar-refractivity contribution in [2.75, 3.05) is 21.3 Å². The molecule has 0 aliphatic carbocycles. The SMILES string of the molecule is C.C.C.C.C.CO.COc1c(C)cc(C)c(C)c1C.COc1c(C)cc(C)cc1C.[CH3-].[Y]. The van der Waals surface area contributed by atoms with Gasteiger partial charge in [-0.05, 0) is 81.8 Å². The zero-order valence-corrected chi connectivity index (χ0v) is 21.9. The number of aryl methyl sites for hydroxylation is 5. The van der Waals surface area contributed by atoms with Crippen LogP contribution in [0, 0.1) is 55.9 Å². The summed E-state index contributed by atoms with van der Waals surface area (Å²) < 4.78 is 10.5. The first kappa shape index (κ1) is 52.8. The van der Waals surface area contributed by atoms with Crippen molar-refractivity contribution in [1.29, 1.82) is 0 Å². The molecule has 4 heteroatoms. The van der Waals surface area contributed by atoms with E-state index in [1.165, 1.54) is 38.9 Å². The van der Waals surface area contributed by atoms with E-state index in [4.69, 9.17) is 14.6 Å². The molecule has 3 nitrogen and oxygen atoms in total. The van der Waals surface area contributed by atoms with Crippen LogP contribution in [-0.4, -0.2) is 26.4 Å². The summed E-state index contributed by atoms with van der Waals surface area (Å²) in [4.78, 5) is 0. The molecule has 1 radical (unpaired) electrons. The Morgan fingerprint density at radius 3 is 1.16 bits per heavy atom. The molecular formula is C28H57O3Y-. The van der Waals surface area contributed by atoms with Gasteiger partial charge in [0.1, 0.15) is 11.5 Å². The monoisotopic (exact) mass is 530 g/mol. The van der Waals surface area contributed by atoms with Gasteiger partial charge in [0.2, 0.25) is 0 Å². The van der Waals surface area contributed by atoms with Gasteiger partial charge in [0, 0.05) is 39.8 Å². The second kappa shape index (κ2) is 26.4. The summed E-state index contributed by atoms with van der Waals surface area (Å²) in [7, 11) is 4.44. The number of benzene rings is 2. The molecule has 1 N–H and O–H groups in total. The summed E-state index contributed by atoms with van der Waals surface area (Å²) in [5.74, 6) is 2.04. The maximum atomic E-state index is 7.00. The molecule has 0 amide bonds. The van der Waals surface area contributed by atoms with Crippen LogP contribution >= 0.6 is 0 Å². The van der Waals surface area contributed by atoms with Crippen LogP contribution in [0.15, 0.2) is 18.2 Å². The number of methoxy groups -OCH3 is 2. The summed E-state index contributed by atoms with van der Waals surface area (Å²) in [6.45, 7) is 14.7. The Morgan fingerprint density at radius 1 is 0.531 bits per heavy atom. The predicted octanol–water partition coefficient (Wildman–Crippen LogP) is 8.79. The second-order valence-corrected chi connectivity index (χ2v) is 6.23. The van der Waals surface area contributed by atoms with Gasteiger partial charge in [0.25, 0.3) is 0 Å². The molecule has 2 rings (SSSR count). The van der Waals surface area contributed by atoms with Gasteiger partial charge in [-0.3, -0.25) is 0 Å². The smallest absolute Gasteiger partial charge is 0.124 e. The summed E-state index contributed by atoms with van der Waals surface area (Å²) in [6, 6.07) is 6.43. The Kier molecular flexibility index (Phi) is 43.5. The molecule has 0 spiro atoms. The van der Waals surface area contributed by atoms with Crippen LogP contribution in [-0.2, 0) is 32.7 Å². The van der Waals surface area contributed by atoms with E-state index in [1.807, 2.05) is 0 Å². The number of rotatable bonds is 2. The zero-order valence-electron chi connectivity index (χ0n) is 19.1. The van der Waals surface area contributed by atoms with E-state index < -0.39 is 0 Å². The third kappa shape index (κ3) is 15.0. The topological polar surface area (TPSA) is 38.7 Å². The van der Waals surface area contributed by atoms with Gasteiger partial charge < -0.3 is 22.0 Å². The van der Waals surface area contributed by atoms with Gasteiger partial charge in [-0.25, -0.2) is 0 Å². The fourth-order valence-electron chi connectivity index (χ4n) is 3.06. The Balaban J connectivity index is -0.0000000463. The minimum atomic E-state index is 0. The van der Waals surface area contributed by atoms with Crippen molar-refractivity contribution >= 4 is 0 Å². The first-order chi connectivity index (χ1) is 11.7. The Labute approximate surface area is 229 Å². The molecule has 0 heterocycles. The van der Waals surface area contributed by atoms with Crippen molar-refractivity contribution in [3.63, 3.8) is 0 Å². The number of aliphatic hydroxyl groups is 1. The van der Waals surface area contributed by atoms with Gasteiger partial charge in [0.05, 0.1) is 14.2 Å². The van der Waals surface area contributed by atoms with Gasteiger partial charge in [-0.1, -0.05) is 60.9 Å². The van der Waals surface area contributed by atoms with Gasteiger partial charge in [-0.2, -0.15) is 0 Å². The Morgan fingerprint density at radius 2 is 0.844 bits per heavy atom. The summed E-state index contributed by atoms with van der Waals surface area (Å²) in [6.07, 6.45) is 0.